The fourth-order valence-electron chi connectivity index (χ4n) is 1.02. The topological polar surface area (TPSA) is 50.4 Å². The van der Waals surface area contributed by atoms with E-state index in [4.69, 9.17) is 5.73 Å². The van der Waals surface area contributed by atoms with Gasteiger partial charge in [0.25, 0.3) is 0 Å². The van der Waals surface area contributed by atoms with Crippen molar-refractivity contribution in [2.24, 2.45) is 10.8 Å². The first-order chi connectivity index (χ1) is 6.20. The molecule has 0 atom stereocenters. The van der Waals surface area contributed by atoms with Gasteiger partial charge < -0.3 is 5.73 Å². The normalized spacial score (nSPS) is 11.4. The Bertz CT molecular complexity index is 178. The second-order valence-electron chi connectivity index (χ2n) is 2.96. The number of unbranched alkanes of at least 4 members (excludes halogenated alkanes) is 2. The van der Waals surface area contributed by atoms with Gasteiger partial charge in [0.05, 0.1) is 0 Å². The lowest BCUT2D eigenvalue weighted by molar-refractivity contribution is 0.734. The van der Waals surface area contributed by atoms with Crippen LogP contribution in [0.25, 0.3) is 0 Å². The fourth-order valence-corrected chi connectivity index (χ4v) is 1.07. The van der Waals surface area contributed by atoms with Crippen molar-refractivity contribution < 1.29 is 0 Å². The Labute approximate surface area is 85.8 Å². The van der Waals surface area contributed by atoms with Crippen LogP contribution in [0.15, 0.2) is 5.10 Å². The molecule has 0 radical (unpaired) electrons. The second-order valence-corrected chi connectivity index (χ2v) is 3.40. The Morgan fingerprint density at radius 3 is 2.54 bits per heavy atom. The summed E-state index contributed by atoms with van der Waals surface area (Å²) < 4.78 is 0. The van der Waals surface area contributed by atoms with E-state index in [1.807, 2.05) is 0 Å². The number of nitrogens with zero attached hydrogens (tertiary/aromatic N) is 1. The first-order valence-electron chi connectivity index (χ1n) is 4.81. The molecular weight excluding hydrogens is 182 g/mol. The standard InChI is InChI=1S/C9H19N3S/c1-3-5-6-7-8(4-2)11-12-9(10)13/h3-7H2,1-2H3,(H3,10,12,13)/b11-8-. The van der Waals surface area contributed by atoms with E-state index >= 15 is 0 Å². The Morgan fingerprint density at radius 1 is 1.38 bits per heavy atom. The molecule has 0 saturated carbocycles. The van der Waals surface area contributed by atoms with E-state index in [9.17, 15) is 0 Å². The van der Waals surface area contributed by atoms with Gasteiger partial charge in [-0.15, -0.1) is 0 Å². The molecule has 0 fully saturated rings. The van der Waals surface area contributed by atoms with Crippen molar-refractivity contribution in [3.63, 3.8) is 0 Å². The van der Waals surface area contributed by atoms with Gasteiger partial charge in [0.2, 0.25) is 0 Å². The predicted octanol–water partition coefficient (Wildman–Crippen LogP) is 2.17. The van der Waals surface area contributed by atoms with Crippen molar-refractivity contribution in [2.45, 2.75) is 46.0 Å². The molecular formula is C9H19N3S. The lowest BCUT2D eigenvalue weighted by atomic mass is 10.1. The number of nitrogens with one attached hydrogen (secondary N) is 1. The van der Waals surface area contributed by atoms with Crippen LogP contribution in [-0.4, -0.2) is 10.8 Å². The number of rotatable bonds is 6. The molecule has 0 aliphatic heterocycles. The first kappa shape index (κ1) is 12.4. The minimum atomic E-state index is 0.237. The molecule has 0 aromatic heterocycles. The van der Waals surface area contributed by atoms with Gasteiger partial charge in [-0.1, -0.05) is 26.7 Å². The Morgan fingerprint density at radius 2 is 2.08 bits per heavy atom. The van der Waals surface area contributed by atoms with E-state index in [1.165, 1.54) is 19.3 Å². The number of hydrogen-bond acceptors (Lipinski definition) is 2. The van der Waals surface area contributed by atoms with E-state index in [1.54, 1.807) is 0 Å². The molecule has 0 unspecified atom stereocenters. The molecule has 0 rings (SSSR count). The maximum absolute atomic E-state index is 5.26. The van der Waals surface area contributed by atoms with Crippen LogP contribution in [0.3, 0.4) is 0 Å². The summed E-state index contributed by atoms with van der Waals surface area (Å²) in [5, 5.41) is 4.35. The molecule has 0 saturated heterocycles. The molecule has 0 amide bonds. The molecule has 0 bridgehead atoms. The van der Waals surface area contributed by atoms with Gasteiger partial charge in [-0.05, 0) is 31.5 Å². The molecule has 0 aromatic rings. The minimum absolute atomic E-state index is 0.237. The lowest BCUT2D eigenvalue weighted by Gasteiger charge is -2.03. The summed E-state index contributed by atoms with van der Waals surface area (Å²) in [4.78, 5) is 0. The average molecular weight is 201 g/mol. The molecule has 0 aliphatic carbocycles. The molecule has 76 valence electrons. The van der Waals surface area contributed by atoms with Crippen LogP contribution in [0.2, 0.25) is 0 Å². The molecule has 0 aromatic carbocycles. The Hall–Kier alpha value is -0.640. The molecule has 0 heterocycles. The van der Waals surface area contributed by atoms with E-state index in [0.717, 1.165) is 18.6 Å². The summed E-state index contributed by atoms with van der Waals surface area (Å²) in [6.45, 7) is 4.28. The number of thiocarbonyl (C=S) groups is 1. The van der Waals surface area contributed by atoms with Crippen LogP contribution < -0.4 is 11.2 Å². The van der Waals surface area contributed by atoms with Gasteiger partial charge >= 0.3 is 0 Å². The molecule has 0 spiro atoms. The highest BCUT2D eigenvalue weighted by molar-refractivity contribution is 7.80. The van der Waals surface area contributed by atoms with Crippen LogP contribution in [-0.2, 0) is 0 Å². The third-order valence-electron chi connectivity index (χ3n) is 1.80. The maximum atomic E-state index is 5.26. The van der Waals surface area contributed by atoms with Crippen molar-refractivity contribution in [1.29, 1.82) is 0 Å². The third kappa shape index (κ3) is 7.71. The number of hydrogen-bond donors (Lipinski definition) is 2. The van der Waals surface area contributed by atoms with Crippen LogP contribution in [0, 0.1) is 0 Å². The van der Waals surface area contributed by atoms with Crippen LogP contribution in [0.4, 0.5) is 0 Å². The third-order valence-corrected chi connectivity index (χ3v) is 1.89. The van der Waals surface area contributed by atoms with Crippen molar-refractivity contribution >= 4 is 23.0 Å². The molecule has 13 heavy (non-hydrogen) atoms. The highest BCUT2D eigenvalue weighted by Gasteiger charge is 1.96. The van der Waals surface area contributed by atoms with E-state index < -0.39 is 0 Å². The predicted molar refractivity (Wildman–Crippen MR) is 61.8 cm³/mol. The molecule has 0 aliphatic rings. The van der Waals surface area contributed by atoms with Crippen LogP contribution >= 0.6 is 12.2 Å². The largest absolute Gasteiger partial charge is 0.375 e. The summed E-state index contributed by atoms with van der Waals surface area (Å²) in [7, 11) is 0. The lowest BCUT2D eigenvalue weighted by Crippen LogP contribution is -2.25. The maximum Gasteiger partial charge on any atom is 0.184 e. The summed E-state index contributed by atoms with van der Waals surface area (Å²) in [5.41, 5.74) is 9.02. The number of nitrogens with two attached hydrogens (primary N) is 1. The van der Waals surface area contributed by atoms with E-state index in [-0.39, 0.29) is 5.11 Å². The molecule has 3 nitrogen and oxygen atoms in total. The van der Waals surface area contributed by atoms with Crippen molar-refractivity contribution in [2.75, 3.05) is 0 Å². The van der Waals surface area contributed by atoms with Gasteiger partial charge in [-0.25, -0.2) is 0 Å². The number of hydrazone groups is 1. The van der Waals surface area contributed by atoms with Gasteiger partial charge in [0.1, 0.15) is 0 Å². The second kappa shape index (κ2) is 7.98. The fraction of sp³-hybridized carbons (Fsp3) is 0.778. The minimum Gasteiger partial charge on any atom is -0.375 e. The monoisotopic (exact) mass is 201 g/mol. The van der Waals surface area contributed by atoms with Gasteiger partial charge in [0.15, 0.2) is 5.11 Å². The van der Waals surface area contributed by atoms with Crippen molar-refractivity contribution in [3.05, 3.63) is 0 Å². The van der Waals surface area contributed by atoms with Crippen LogP contribution in [0.1, 0.15) is 46.0 Å². The van der Waals surface area contributed by atoms with Crippen molar-refractivity contribution in [3.8, 4) is 0 Å². The van der Waals surface area contributed by atoms with E-state index in [2.05, 4.69) is 36.6 Å². The quantitative estimate of drug-likeness (QED) is 0.300. The van der Waals surface area contributed by atoms with Crippen LogP contribution in [0.5, 0.6) is 0 Å². The highest BCUT2D eigenvalue weighted by atomic mass is 32.1. The Balaban J connectivity index is 3.73. The zero-order valence-electron chi connectivity index (χ0n) is 8.47. The summed E-state index contributed by atoms with van der Waals surface area (Å²) in [6.07, 6.45) is 5.69. The van der Waals surface area contributed by atoms with Gasteiger partial charge in [-0.3, -0.25) is 5.43 Å². The smallest absolute Gasteiger partial charge is 0.184 e. The van der Waals surface area contributed by atoms with Crippen molar-refractivity contribution in [1.82, 2.24) is 5.43 Å². The SMILES string of the molecule is CCCCC/C(CC)=N\NC(N)=S. The summed E-state index contributed by atoms with van der Waals surface area (Å²) in [6, 6.07) is 0. The Kier molecular flexibility index (Phi) is 7.59. The molecule has 3 N–H and O–H groups in total. The summed E-state index contributed by atoms with van der Waals surface area (Å²) >= 11 is 4.66. The van der Waals surface area contributed by atoms with E-state index in [0.29, 0.717) is 0 Å². The summed E-state index contributed by atoms with van der Waals surface area (Å²) in [5.74, 6) is 0. The first-order valence-corrected chi connectivity index (χ1v) is 5.22. The zero-order valence-corrected chi connectivity index (χ0v) is 9.28. The highest BCUT2D eigenvalue weighted by Crippen LogP contribution is 2.02. The van der Waals surface area contributed by atoms with Gasteiger partial charge in [0, 0.05) is 5.71 Å². The average Bonchev–Trinajstić information content (AvgIpc) is 2.10. The zero-order chi connectivity index (χ0) is 10.1. The van der Waals surface area contributed by atoms with Gasteiger partial charge in [-0.2, -0.15) is 5.10 Å². The molecule has 4 heteroatoms.